The van der Waals surface area contributed by atoms with E-state index in [1.54, 1.807) is 7.11 Å². The molecule has 1 unspecified atom stereocenters. The lowest BCUT2D eigenvalue weighted by molar-refractivity contribution is -0.0706. The van der Waals surface area contributed by atoms with Gasteiger partial charge in [0.15, 0.2) is 11.5 Å². The molecule has 166 valence electrons. The summed E-state index contributed by atoms with van der Waals surface area (Å²) >= 11 is 0. The first kappa shape index (κ1) is 20.9. The Morgan fingerprint density at radius 1 is 1.00 bits per heavy atom. The standard InChI is InChI=1S/C28H37NO2/c1-19-6-4-7-21(10-19)18-31-27-25(8-5-9-26(27)30-3)17-29-20(2)28-14-22-11-23(15-28)13-24(12-22)16-28/h4-10,20,22-24,29H,11-18H2,1-3H3. The lowest BCUT2D eigenvalue weighted by Gasteiger charge is -2.59. The second kappa shape index (κ2) is 8.50. The third kappa shape index (κ3) is 4.22. The van der Waals surface area contributed by atoms with E-state index < -0.39 is 0 Å². The minimum absolute atomic E-state index is 0.510. The molecule has 6 rings (SSSR count). The molecule has 4 saturated carbocycles. The van der Waals surface area contributed by atoms with Gasteiger partial charge in [0.2, 0.25) is 0 Å². The molecule has 2 aromatic rings. The second-order valence-corrected chi connectivity index (χ2v) is 10.6. The SMILES string of the molecule is COc1cccc(CNC(C)C23CC4CC(CC(C4)C2)C3)c1OCc1cccc(C)c1. The zero-order chi connectivity index (χ0) is 21.4. The fourth-order valence-corrected chi connectivity index (χ4v) is 7.17. The van der Waals surface area contributed by atoms with E-state index in [1.165, 1.54) is 55.2 Å². The van der Waals surface area contributed by atoms with E-state index in [2.05, 4.69) is 55.6 Å². The van der Waals surface area contributed by atoms with E-state index in [4.69, 9.17) is 9.47 Å². The van der Waals surface area contributed by atoms with Gasteiger partial charge < -0.3 is 14.8 Å². The van der Waals surface area contributed by atoms with Gasteiger partial charge in [-0.05, 0) is 87.2 Å². The summed E-state index contributed by atoms with van der Waals surface area (Å²) in [6, 6.07) is 15.3. The molecule has 2 aromatic carbocycles. The molecule has 0 spiro atoms. The van der Waals surface area contributed by atoms with Crippen molar-refractivity contribution in [1.82, 2.24) is 5.32 Å². The summed E-state index contributed by atoms with van der Waals surface area (Å²) in [4.78, 5) is 0. The minimum atomic E-state index is 0.510. The Labute approximate surface area is 187 Å². The van der Waals surface area contributed by atoms with Crippen molar-refractivity contribution in [2.75, 3.05) is 7.11 Å². The van der Waals surface area contributed by atoms with Crippen molar-refractivity contribution in [1.29, 1.82) is 0 Å². The van der Waals surface area contributed by atoms with Crippen LogP contribution < -0.4 is 14.8 Å². The third-order valence-electron chi connectivity index (χ3n) is 8.35. The molecular formula is C28H37NO2. The smallest absolute Gasteiger partial charge is 0.166 e. The maximum absolute atomic E-state index is 6.32. The van der Waals surface area contributed by atoms with Crippen LogP contribution in [0.15, 0.2) is 42.5 Å². The van der Waals surface area contributed by atoms with E-state index in [-0.39, 0.29) is 0 Å². The Morgan fingerprint density at radius 3 is 2.32 bits per heavy atom. The lowest BCUT2D eigenvalue weighted by atomic mass is 9.48. The van der Waals surface area contributed by atoms with E-state index in [0.717, 1.165) is 35.8 Å². The first-order valence-corrected chi connectivity index (χ1v) is 12.1. The van der Waals surface area contributed by atoms with Crippen LogP contribution in [0, 0.1) is 30.1 Å². The van der Waals surface area contributed by atoms with Gasteiger partial charge in [-0.2, -0.15) is 0 Å². The highest BCUT2D eigenvalue weighted by molar-refractivity contribution is 5.46. The van der Waals surface area contributed by atoms with Crippen LogP contribution in [0.2, 0.25) is 0 Å². The van der Waals surface area contributed by atoms with E-state index in [0.29, 0.717) is 18.1 Å². The molecule has 0 aromatic heterocycles. The van der Waals surface area contributed by atoms with Crippen LogP contribution in [0.25, 0.3) is 0 Å². The minimum Gasteiger partial charge on any atom is -0.493 e. The number of rotatable bonds is 8. The van der Waals surface area contributed by atoms with Gasteiger partial charge in [0, 0.05) is 18.2 Å². The summed E-state index contributed by atoms with van der Waals surface area (Å²) in [7, 11) is 1.73. The molecule has 0 saturated heterocycles. The van der Waals surface area contributed by atoms with Gasteiger partial charge in [-0.1, -0.05) is 42.0 Å². The predicted molar refractivity (Wildman–Crippen MR) is 125 cm³/mol. The Hall–Kier alpha value is -2.00. The fraction of sp³-hybridized carbons (Fsp3) is 0.571. The average Bonchev–Trinajstić information content (AvgIpc) is 2.75. The maximum atomic E-state index is 6.32. The molecule has 1 N–H and O–H groups in total. The molecule has 4 bridgehead atoms. The molecular weight excluding hydrogens is 382 g/mol. The molecule has 4 aliphatic rings. The molecule has 0 amide bonds. The summed E-state index contributed by atoms with van der Waals surface area (Å²) in [5.74, 6) is 4.65. The van der Waals surface area contributed by atoms with Crippen molar-refractivity contribution in [2.45, 2.75) is 71.6 Å². The number of benzene rings is 2. The first-order valence-electron chi connectivity index (χ1n) is 12.1. The van der Waals surface area contributed by atoms with Crippen molar-refractivity contribution < 1.29 is 9.47 Å². The maximum Gasteiger partial charge on any atom is 0.166 e. The predicted octanol–water partition coefficient (Wildman–Crippen LogP) is 6.28. The zero-order valence-corrected chi connectivity index (χ0v) is 19.3. The van der Waals surface area contributed by atoms with Gasteiger partial charge in [0.1, 0.15) is 6.61 Å². The molecule has 31 heavy (non-hydrogen) atoms. The summed E-state index contributed by atoms with van der Waals surface area (Å²) < 4.78 is 12.0. The van der Waals surface area contributed by atoms with Gasteiger partial charge in [-0.15, -0.1) is 0 Å². The Bertz CT molecular complexity index is 886. The van der Waals surface area contributed by atoms with E-state index in [1.807, 2.05) is 6.07 Å². The highest BCUT2D eigenvalue weighted by atomic mass is 16.5. The number of hydrogen-bond acceptors (Lipinski definition) is 3. The van der Waals surface area contributed by atoms with Crippen LogP contribution in [0.5, 0.6) is 11.5 Å². The van der Waals surface area contributed by atoms with Crippen LogP contribution in [0.3, 0.4) is 0 Å². The largest absolute Gasteiger partial charge is 0.493 e. The van der Waals surface area contributed by atoms with Crippen LogP contribution in [-0.2, 0) is 13.2 Å². The highest BCUT2D eigenvalue weighted by Crippen LogP contribution is 2.61. The molecule has 3 heteroatoms. The van der Waals surface area contributed by atoms with Crippen molar-refractivity contribution in [2.24, 2.45) is 23.2 Å². The number of hydrogen-bond donors (Lipinski definition) is 1. The van der Waals surface area contributed by atoms with E-state index >= 15 is 0 Å². The van der Waals surface area contributed by atoms with Crippen molar-refractivity contribution in [3.05, 3.63) is 59.2 Å². The molecule has 3 nitrogen and oxygen atoms in total. The van der Waals surface area contributed by atoms with Crippen LogP contribution in [0.1, 0.15) is 62.1 Å². The number of para-hydroxylation sites is 1. The Kier molecular flexibility index (Phi) is 5.73. The average molecular weight is 420 g/mol. The van der Waals surface area contributed by atoms with Crippen molar-refractivity contribution in [3.8, 4) is 11.5 Å². The molecule has 4 fully saturated rings. The van der Waals surface area contributed by atoms with Gasteiger partial charge >= 0.3 is 0 Å². The van der Waals surface area contributed by atoms with Gasteiger partial charge in [0.05, 0.1) is 7.11 Å². The summed E-state index contributed by atoms with van der Waals surface area (Å²) in [6.07, 6.45) is 8.79. The number of nitrogens with one attached hydrogen (secondary N) is 1. The van der Waals surface area contributed by atoms with Crippen molar-refractivity contribution in [3.63, 3.8) is 0 Å². The monoisotopic (exact) mass is 419 g/mol. The summed E-state index contributed by atoms with van der Waals surface area (Å²) in [5, 5.41) is 3.92. The normalized spacial score (nSPS) is 29.7. The van der Waals surface area contributed by atoms with Crippen LogP contribution >= 0.6 is 0 Å². The second-order valence-electron chi connectivity index (χ2n) is 10.6. The third-order valence-corrected chi connectivity index (χ3v) is 8.35. The van der Waals surface area contributed by atoms with Gasteiger partial charge in [-0.3, -0.25) is 0 Å². The molecule has 0 heterocycles. The summed E-state index contributed by atoms with van der Waals surface area (Å²) in [5.41, 5.74) is 4.14. The zero-order valence-electron chi connectivity index (χ0n) is 19.3. The Morgan fingerprint density at radius 2 is 1.68 bits per heavy atom. The molecule has 0 aliphatic heterocycles. The number of aryl methyl sites for hydroxylation is 1. The Balaban J connectivity index is 1.29. The topological polar surface area (TPSA) is 30.5 Å². The molecule has 4 aliphatic carbocycles. The fourth-order valence-electron chi connectivity index (χ4n) is 7.17. The first-order chi connectivity index (χ1) is 15.0. The van der Waals surface area contributed by atoms with E-state index in [9.17, 15) is 0 Å². The molecule has 0 radical (unpaired) electrons. The van der Waals surface area contributed by atoms with Crippen molar-refractivity contribution >= 4 is 0 Å². The van der Waals surface area contributed by atoms with Crippen LogP contribution in [0.4, 0.5) is 0 Å². The number of methoxy groups -OCH3 is 1. The highest BCUT2D eigenvalue weighted by Gasteiger charge is 2.52. The quantitative estimate of drug-likeness (QED) is 0.546. The summed E-state index contributed by atoms with van der Waals surface area (Å²) in [6.45, 7) is 5.93. The van der Waals surface area contributed by atoms with Gasteiger partial charge in [0.25, 0.3) is 0 Å². The van der Waals surface area contributed by atoms with Crippen LogP contribution in [-0.4, -0.2) is 13.2 Å². The molecule has 1 atom stereocenters. The number of ether oxygens (including phenoxy) is 2. The lowest BCUT2D eigenvalue weighted by Crippen LogP contribution is -2.54. The van der Waals surface area contributed by atoms with Gasteiger partial charge in [-0.25, -0.2) is 0 Å².